The summed E-state index contributed by atoms with van der Waals surface area (Å²) < 4.78 is 7.90. The van der Waals surface area contributed by atoms with E-state index < -0.39 is 0 Å². The van der Waals surface area contributed by atoms with Gasteiger partial charge < -0.3 is 14.2 Å². The zero-order valence-electron chi connectivity index (χ0n) is 18.2. The smallest absolute Gasteiger partial charge is 0.168 e. The fraction of sp³-hybridized carbons (Fsp3) is 0.640. The summed E-state index contributed by atoms with van der Waals surface area (Å²) in [6.07, 6.45) is 12.1. The van der Waals surface area contributed by atoms with Gasteiger partial charge >= 0.3 is 0 Å². The largest absolute Gasteiger partial charge is 0.495 e. The fourth-order valence-electron chi connectivity index (χ4n) is 4.88. The molecule has 29 heavy (non-hydrogen) atoms. The van der Waals surface area contributed by atoms with Crippen LogP contribution in [-0.2, 0) is 6.54 Å². The van der Waals surface area contributed by atoms with E-state index in [0.29, 0.717) is 5.78 Å². The van der Waals surface area contributed by atoms with Crippen LogP contribution < -0.4 is 4.74 Å². The highest BCUT2D eigenvalue weighted by atomic mass is 16.5. The van der Waals surface area contributed by atoms with E-state index in [1.807, 2.05) is 12.1 Å². The van der Waals surface area contributed by atoms with Crippen LogP contribution in [0.25, 0.3) is 10.9 Å². The minimum Gasteiger partial charge on any atom is -0.495 e. The molecule has 0 N–H and O–H groups in total. The number of piperidine rings is 1. The first-order valence-corrected chi connectivity index (χ1v) is 11.6. The molecule has 1 aliphatic heterocycles. The number of hydrogen-bond donors (Lipinski definition) is 0. The Hall–Kier alpha value is -1.81. The van der Waals surface area contributed by atoms with Crippen molar-refractivity contribution in [1.82, 2.24) is 9.47 Å². The summed E-state index contributed by atoms with van der Waals surface area (Å²) in [5.74, 6) is 2.37. The van der Waals surface area contributed by atoms with Gasteiger partial charge in [0.05, 0.1) is 12.6 Å². The van der Waals surface area contributed by atoms with E-state index in [2.05, 4.69) is 28.7 Å². The summed E-state index contributed by atoms with van der Waals surface area (Å²) in [5, 5.41) is 1.05. The summed E-state index contributed by atoms with van der Waals surface area (Å²) in [4.78, 5) is 15.4. The number of unbranched alkanes of at least 4 members (excludes halogenated alkanes) is 1. The quantitative estimate of drug-likeness (QED) is 0.495. The SMILES string of the molecule is CCCCC1CCN(CCCn2cc(C(=O)C3CC3)c3cccc(OC)c32)CC1. The van der Waals surface area contributed by atoms with Crippen molar-refractivity contribution in [2.45, 2.75) is 64.8 Å². The molecule has 4 nitrogen and oxygen atoms in total. The van der Waals surface area contributed by atoms with E-state index in [9.17, 15) is 4.79 Å². The van der Waals surface area contributed by atoms with Gasteiger partial charge in [-0.15, -0.1) is 0 Å². The van der Waals surface area contributed by atoms with Gasteiger partial charge in [0.15, 0.2) is 5.78 Å². The Morgan fingerprint density at radius 3 is 2.59 bits per heavy atom. The number of hydrogen-bond acceptors (Lipinski definition) is 3. The van der Waals surface area contributed by atoms with E-state index in [1.165, 1.54) is 45.2 Å². The van der Waals surface area contributed by atoms with Gasteiger partial charge in [0.1, 0.15) is 5.75 Å². The standard InChI is InChI=1S/C25H36N2O2/c1-3-4-7-19-12-16-26(17-13-19)14-6-15-27-18-22(25(28)20-10-11-20)21-8-5-9-23(29-2)24(21)27/h5,8-9,18-20H,3-4,6-7,10-17H2,1-2H3. The van der Waals surface area contributed by atoms with Crippen molar-refractivity contribution in [3.8, 4) is 5.75 Å². The fourth-order valence-corrected chi connectivity index (χ4v) is 4.88. The molecule has 1 aromatic carbocycles. The van der Waals surface area contributed by atoms with Gasteiger partial charge in [-0.1, -0.05) is 38.3 Å². The molecule has 0 spiro atoms. The average Bonchev–Trinajstić information content (AvgIpc) is 3.54. The Kier molecular flexibility index (Phi) is 6.59. The molecule has 0 atom stereocenters. The van der Waals surface area contributed by atoms with Crippen molar-refractivity contribution in [3.05, 3.63) is 30.0 Å². The first-order chi connectivity index (χ1) is 14.2. The molecular formula is C25H36N2O2. The molecule has 0 unspecified atom stereocenters. The molecule has 0 amide bonds. The number of benzene rings is 1. The number of aryl methyl sites for hydroxylation is 1. The van der Waals surface area contributed by atoms with E-state index in [4.69, 9.17) is 4.74 Å². The third kappa shape index (κ3) is 4.69. The van der Waals surface area contributed by atoms with Crippen molar-refractivity contribution < 1.29 is 9.53 Å². The lowest BCUT2D eigenvalue weighted by atomic mass is 9.91. The second-order valence-electron chi connectivity index (χ2n) is 9.01. The molecule has 2 aromatic rings. The van der Waals surface area contributed by atoms with Crippen molar-refractivity contribution >= 4 is 16.7 Å². The topological polar surface area (TPSA) is 34.5 Å². The van der Waals surface area contributed by atoms with Crippen molar-refractivity contribution in [3.63, 3.8) is 0 Å². The van der Waals surface area contributed by atoms with Gasteiger partial charge in [-0.3, -0.25) is 4.79 Å². The minimum atomic E-state index is 0.245. The van der Waals surface area contributed by atoms with Gasteiger partial charge in [0, 0.05) is 29.6 Å². The van der Waals surface area contributed by atoms with Gasteiger partial charge in [0.2, 0.25) is 0 Å². The number of fused-ring (bicyclic) bond motifs is 1. The lowest BCUT2D eigenvalue weighted by Crippen LogP contribution is -2.34. The van der Waals surface area contributed by atoms with E-state index in [-0.39, 0.29) is 5.92 Å². The van der Waals surface area contributed by atoms with Crippen molar-refractivity contribution in [2.75, 3.05) is 26.7 Å². The number of ketones is 1. The molecule has 4 rings (SSSR count). The number of nitrogens with zero attached hydrogens (tertiary/aromatic N) is 2. The predicted molar refractivity (Wildman–Crippen MR) is 119 cm³/mol. The van der Waals surface area contributed by atoms with Crippen LogP contribution in [0.3, 0.4) is 0 Å². The van der Waals surface area contributed by atoms with E-state index in [0.717, 1.165) is 60.5 Å². The van der Waals surface area contributed by atoms with Crippen LogP contribution in [0.1, 0.15) is 68.6 Å². The first kappa shape index (κ1) is 20.5. The maximum Gasteiger partial charge on any atom is 0.168 e. The molecule has 1 aromatic heterocycles. The normalized spacial score (nSPS) is 18.4. The van der Waals surface area contributed by atoms with E-state index >= 15 is 0 Å². The van der Waals surface area contributed by atoms with Crippen LogP contribution in [0.2, 0.25) is 0 Å². The number of rotatable bonds is 10. The molecule has 0 radical (unpaired) electrons. The molecule has 0 bridgehead atoms. The zero-order valence-corrected chi connectivity index (χ0v) is 18.2. The summed E-state index contributed by atoms with van der Waals surface area (Å²) in [6, 6.07) is 6.08. The van der Waals surface area contributed by atoms with Gasteiger partial charge in [-0.25, -0.2) is 0 Å². The second-order valence-corrected chi connectivity index (χ2v) is 9.01. The monoisotopic (exact) mass is 396 g/mol. The first-order valence-electron chi connectivity index (χ1n) is 11.6. The molecule has 1 saturated heterocycles. The molecule has 2 heterocycles. The highest BCUT2D eigenvalue weighted by Crippen LogP contribution is 2.37. The van der Waals surface area contributed by atoms with Crippen LogP contribution in [-0.4, -0.2) is 42.0 Å². The average molecular weight is 397 g/mol. The number of carbonyl (C=O) groups excluding carboxylic acids is 1. The van der Waals surface area contributed by atoms with E-state index in [1.54, 1.807) is 7.11 Å². The Balaban J connectivity index is 1.40. The Morgan fingerprint density at radius 2 is 1.90 bits per heavy atom. The predicted octanol–water partition coefficient (Wildman–Crippen LogP) is 5.53. The van der Waals surface area contributed by atoms with Crippen LogP contribution in [0.4, 0.5) is 0 Å². The van der Waals surface area contributed by atoms with Gasteiger partial charge in [-0.05, 0) is 63.7 Å². The lowest BCUT2D eigenvalue weighted by Gasteiger charge is -2.32. The van der Waals surface area contributed by atoms with Crippen LogP contribution in [0.15, 0.2) is 24.4 Å². The Labute approximate surface area is 175 Å². The van der Waals surface area contributed by atoms with Crippen molar-refractivity contribution in [2.24, 2.45) is 11.8 Å². The highest BCUT2D eigenvalue weighted by Gasteiger charge is 2.32. The number of Topliss-reactive ketones (excluding diaryl/α,β-unsaturated/α-hetero) is 1. The number of methoxy groups -OCH3 is 1. The molecule has 2 aliphatic rings. The van der Waals surface area contributed by atoms with Gasteiger partial charge in [0.25, 0.3) is 0 Å². The number of para-hydroxylation sites is 1. The van der Waals surface area contributed by atoms with Crippen LogP contribution >= 0.6 is 0 Å². The number of aromatic nitrogens is 1. The molecule has 1 saturated carbocycles. The Morgan fingerprint density at radius 1 is 1.10 bits per heavy atom. The van der Waals surface area contributed by atoms with Crippen molar-refractivity contribution in [1.29, 1.82) is 0 Å². The molecule has 4 heteroatoms. The highest BCUT2D eigenvalue weighted by molar-refractivity contribution is 6.11. The molecule has 1 aliphatic carbocycles. The molecule has 2 fully saturated rings. The number of ether oxygens (including phenoxy) is 1. The zero-order chi connectivity index (χ0) is 20.2. The van der Waals surface area contributed by atoms with Crippen LogP contribution in [0, 0.1) is 11.8 Å². The molecule has 158 valence electrons. The summed E-state index contributed by atoms with van der Waals surface area (Å²) in [7, 11) is 1.72. The lowest BCUT2D eigenvalue weighted by molar-refractivity contribution is 0.0969. The summed E-state index contributed by atoms with van der Waals surface area (Å²) >= 11 is 0. The third-order valence-electron chi connectivity index (χ3n) is 6.84. The maximum atomic E-state index is 12.8. The Bertz CT molecular complexity index is 829. The minimum absolute atomic E-state index is 0.245. The van der Waals surface area contributed by atoms with Gasteiger partial charge in [-0.2, -0.15) is 0 Å². The van der Waals surface area contributed by atoms with Crippen LogP contribution in [0.5, 0.6) is 5.75 Å². The second kappa shape index (κ2) is 9.34. The maximum absolute atomic E-state index is 12.8. The summed E-state index contributed by atoms with van der Waals surface area (Å²) in [5.41, 5.74) is 1.97. The summed E-state index contributed by atoms with van der Waals surface area (Å²) in [6.45, 7) is 6.86. The molecular weight excluding hydrogens is 360 g/mol. The third-order valence-corrected chi connectivity index (χ3v) is 6.84. The number of likely N-dealkylation sites (tertiary alicyclic amines) is 1. The number of carbonyl (C=O) groups is 1.